The molecule has 0 bridgehead atoms. The minimum absolute atomic E-state index is 0.0548. The molecular formula is C17H15ClN4OS. The Bertz CT molecular complexity index is 894. The molecule has 2 aromatic carbocycles. The second-order valence-corrected chi connectivity index (χ2v) is 6.70. The van der Waals surface area contributed by atoms with Gasteiger partial charge in [0, 0.05) is 5.56 Å². The lowest BCUT2D eigenvalue weighted by atomic mass is 10.1. The Morgan fingerprint density at radius 1 is 1.21 bits per heavy atom. The van der Waals surface area contributed by atoms with Gasteiger partial charge >= 0.3 is 0 Å². The molecule has 3 aromatic rings. The van der Waals surface area contributed by atoms with Gasteiger partial charge in [-0.2, -0.15) is 4.68 Å². The summed E-state index contributed by atoms with van der Waals surface area (Å²) in [5, 5.41) is 12.8. The van der Waals surface area contributed by atoms with Crippen LogP contribution >= 0.6 is 23.4 Å². The van der Waals surface area contributed by atoms with Gasteiger partial charge in [-0.15, -0.1) is 5.10 Å². The molecule has 3 rings (SSSR count). The van der Waals surface area contributed by atoms with Crippen LogP contribution in [0.1, 0.15) is 21.5 Å². The highest BCUT2D eigenvalue weighted by molar-refractivity contribution is 7.99. The maximum absolute atomic E-state index is 12.3. The van der Waals surface area contributed by atoms with Gasteiger partial charge in [0.2, 0.25) is 5.16 Å². The molecule has 7 heteroatoms. The summed E-state index contributed by atoms with van der Waals surface area (Å²) in [5.74, 6) is 0.162. The van der Waals surface area contributed by atoms with Crippen molar-refractivity contribution in [2.24, 2.45) is 0 Å². The molecule has 0 aliphatic rings. The summed E-state index contributed by atoms with van der Waals surface area (Å²) in [6.45, 7) is 4.04. The number of aromatic nitrogens is 4. The predicted molar refractivity (Wildman–Crippen MR) is 95.1 cm³/mol. The zero-order valence-electron chi connectivity index (χ0n) is 13.2. The van der Waals surface area contributed by atoms with E-state index in [0.717, 1.165) is 11.3 Å². The van der Waals surface area contributed by atoms with Gasteiger partial charge in [0.25, 0.3) is 0 Å². The van der Waals surface area contributed by atoms with Crippen LogP contribution in [0.5, 0.6) is 0 Å². The summed E-state index contributed by atoms with van der Waals surface area (Å²) in [5.41, 5.74) is 3.66. The molecule has 0 unspecified atom stereocenters. The molecule has 0 saturated carbocycles. The molecule has 5 nitrogen and oxygen atoms in total. The number of aryl methyl sites for hydroxylation is 2. The van der Waals surface area contributed by atoms with Crippen LogP contribution in [0.2, 0.25) is 5.02 Å². The number of carbonyl (C=O) groups excluding carboxylic acids is 1. The Morgan fingerprint density at radius 2 is 2.00 bits per heavy atom. The van der Waals surface area contributed by atoms with Crippen LogP contribution in [0.3, 0.4) is 0 Å². The monoisotopic (exact) mass is 358 g/mol. The van der Waals surface area contributed by atoms with E-state index in [-0.39, 0.29) is 11.5 Å². The number of tetrazole rings is 1. The fourth-order valence-corrected chi connectivity index (χ4v) is 3.37. The molecule has 0 aliphatic carbocycles. The Morgan fingerprint density at radius 3 is 2.75 bits per heavy atom. The van der Waals surface area contributed by atoms with Gasteiger partial charge in [-0.1, -0.05) is 53.2 Å². The average Bonchev–Trinajstić information content (AvgIpc) is 3.01. The summed E-state index contributed by atoms with van der Waals surface area (Å²) < 4.78 is 1.65. The Hall–Kier alpha value is -2.18. The van der Waals surface area contributed by atoms with E-state index in [4.69, 9.17) is 11.6 Å². The van der Waals surface area contributed by atoms with Crippen LogP contribution in [0.25, 0.3) is 5.69 Å². The second-order valence-electron chi connectivity index (χ2n) is 5.35. The Balaban J connectivity index is 1.79. The lowest BCUT2D eigenvalue weighted by molar-refractivity contribution is 0.102. The molecule has 1 heterocycles. The number of rotatable bonds is 5. The molecule has 0 radical (unpaired) electrons. The van der Waals surface area contributed by atoms with Crippen LogP contribution < -0.4 is 0 Å². The molecule has 0 saturated heterocycles. The van der Waals surface area contributed by atoms with Gasteiger partial charge in [0.1, 0.15) is 0 Å². The van der Waals surface area contributed by atoms with Crippen molar-refractivity contribution in [2.75, 3.05) is 5.75 Å². The maximum atomic E-state index is 12.3. The molecule has 0 atom stereocenters. The van der Waals surface area contributed by atoms with E-state index in [1.54, 1.807) is 28.9 Å². The minimum atomic E-state index is -0.0548. The van der Waals surface area contributed by atoms with E-state index in [1.807, 2.05) is 26.0 Å². The molecule has 0 N–H and O–H groups in total. The van der Waals surface area contributed by atoms with E-state index < -0.39 is 0 Å². The first-order valence-corrected chi connectivity index (χ1v) is 8.69. The molecule has 1 aromatic heterocycles. The van der Waals surface area contributed by atoms with Crippen molar-refractivity contribution in [3.8, 4) is 5.69 Å². The van der Waals surface area contributed by atoms with Gasteiger partial charge in [-0.3, -0.25) is 4.79 Å². The SMILES string of the molecule is Cc1ccc(-n2nnnc2SCC(=O)c2ccccc2Cl)c(C)c1. The second kappa shape index (κ2) is 7.15. The number of benzene rings is 2. The molecule has 0 aliphatic heterocycles. The summed E-state index contributed by atoms with van der Waals surface area (Å²) >= 11 is 7.36. The fourth-order valence-electron chi connectivity index (χ4n) is 2.36. The lowest BCUT2D eigenvalue weighted by Gasteiger charge is -2.08. The maximum Gasteiger partial charge on any atom is 0.214 e. The Kier molecular flexibility index (Phi) is 4.97. The van der Waals surface area contributed by atoms with Gasteiger partial charge < -0.3 is 0 Å². The zero-order chi connectivity index (χ0) is 17.1. The van der Waals surface area contributed by atoms with Crippen LogP contribution in [-0.4, -0.2) is 31.7 Å². The lowest BCUT2D eigenvalue weighted by Crippen LogP contribution is -2.06. The normalized spacial score (nSPS) is 10.8. The first kappa shape index (κ1) is 16.7. The quantitative estimate of drug-likeness (QED) is 0.511. The Labute approximate surface area is 149 Å². The van der Waals surface area contributed by atoms with Crippen molar-refractivity contribution >= 4 is 29.1 Å². The standard InChI is InChI=1S/C17H15ClN4OS/c1-11-7-8-15(12(2)9-11)22-17(19-20-21-22)24-10-16(23)13-5-3-4-6-14(13)18/h3-9H,10H2,1-2H3. The highest BCUT2D eigenvalue weighted by atomic mass is 35.5. The predicted octanol–water partition coefficient (Wildman–Crippen LogP) is 3.91. The number of nitrogens with zero attached hydrogens (tertiary/aromatic N) is 4. The van der Waals surface area contributed by atoms with Crippen molar-refractivity contribution in [1.29, 1.82) is 0 Å². The first-order valence-electron chi connectivity index (χ1n) is 7.33. The highest BCUT2D eigenvalue weighted by Gasteiger charge is 2.15. The average molecular weight is 359 g/mol. The number of hydrogen-bond acceptors (Lipinski definition) is 5. The van der Waals surface area contributed by atoms with Crippen molar-refractivity contribution in [2.45, 2.75) is 19.0 Å². The van der Waals surface area contributed by atoms with Crippen LogP contribution in [0, 0.1) is 13.8 Å². The van der Waals surface area contributed by atoms with Crippen LogP contribution in [0.4, 0.5) is 0 Å². The van der Waals surface area contributed by atoms with Crippen LogP contribution in [-0.2, 0) is 0 Å². The minimum Gasteiger partial charge on any atom is -0.293 e. The van der Waals surface area contributed by atoms with E-state index in [2.05, 4.69) is 21.6 Å². The van der Waals surface area contributed by atoms with E-state index in [9.17, 15) is 4.79 Å². The third kappa shape index (κ3) is 3.49. The third-order valence-corrected chi connectivity index (χ3v) is 4.78. The summed E-state index contributed by atoms with van der Waals surface area (Å²) in [6.07, 6.45) is 0. The topological polar surface area (TPSA) is 60.7 Å². The number of halogens is 1. The van der Waals surface area contributed by atoms with Crippen molar-refractivity contribution in [3.05, 3.63) is 64.2 Å². The number of Topliss-reactive ketones (excluding diaryl/α,β-unsaturated/α-hetero) is 1. The smallest absolute Gasteiger partial charge is 0.214 e. The largest absolute Gasteiger partial charge is 0.293 e. The number of hydrogen-bond donors (Lipinski definition) is 0. The summed E-state index contributed by atoms with van der Waals surface area (Å²) in [6, 6.07) is 13.1. The van der Waals surface area contributed by atoms with E-state index in [0.29, 0.717) is 15.7 Å². The van der Waals surface area contributed by atoms with Crippen molar-refractivity contribution in [1.82, 2.24) is 20.2 Å². The third-order valence-electron chi connectivity index (χ3n) is 3.53. The molecular weight excluding hydrogens is 344 g/mol. The molecule has 24 heavy (non-hydrogen) atoms. The first-order chi connectivity index (χ1) is 11.6. The number of carbonyl (C=O) groups is 1. The van der Waals surface area contributed by atoms with Gasteiger partial charge in [-0.05, 0) is 48.0 Å². The van der Waals surface area contributed by atoms with E-state index in [1.165, 1.54) is 17.3 Å². The number of ketones is 1. The molecule has 0 amide bonds. The van der Waals surface area contributed by atoms with Gasteiger partial charge in [-0.25, -0.2) is 0 Å². The van der Waals surface area contributed by atoms with E-state index >= 15 is 0 Å². The molecule has 0 fully saturated rings. The molecule has 122 valence electrons. The fraction of sp³-hybridized carbons (Fsp3) is 0.176. The number of thioether (sulfide) groups is 1. The summed E-state index contributed by atoms with van der Waals surface area (Å²) in [7, 11) is 0. The summed E-state index contributed by atoms with van der Waals surface area (Å²) in [4.78, 5) is 12.3. The van der Waals surface area contributed by atoms with Crippen LogP contribution in [0.15, 0.2) is 47.6 Å². The van der Waals surface area contributed by atoms with Crippen molar-refractivity contribution < 1.29 is 4.79 Å². The van der Waals surface area contributed by atoms with Gasteiger partial charge in [0.15, 0.2) is 5.78 Å². The van der Waals surface area contributed by atoms with Gasteiger partial charge in [0.05, 0.1) is 16.5 Å². The van der Waals surface area contributed by atoms with Crippen molar-refractivity contribution in [3.63, 3.8) is 0 Å². The molecule has 0 spiro atoms. The highest BCUT2D eigenvalue weighted by Crippen LogP contribution is 2.23. The zero-order valence-corrected chi connectivity index (χ0v) is 14.8.